The molecule has 0 atom stereocenters. The first kappa shape index (κ1) is 13.7. The summed E-state index contributed by atoms with van der Waals surface area (Å²) in [6.07, 6.45) is 0. The second-order valence-corrected chi connectivity index (χ2v) is 2.79. The molecule has 0 bridgehead atoms. The summed E-state index contributed by atoms with van der Waals surface area (Å²) in [5, 5.41) is 10.6. The van der Waals surface area contributed by atoms with Crippen LogP contribution in [0.1, 0.15) is 5.56 Å². The second-order valence-electron chi connectivity index (χ2n) is 2.79. The number of nitro groups is 1. The molecule has 1 aromatic carbocycles. The van der Waals surface area contributed by atoms with Gasteiger partial charge in [0.2, 0.25) is 0 Å². The first-order valence-electron chi connectivity index (χ1n) is 4.23. The number of benzene rings is 1. The molecule has 5 nitrogen and oxygen atoms in total. The molecule has 1 aromatic rings. The zero-order chi connectivity index (χ0) is 10.6. The van der Waals surface area contributed by atoms with Gasteiger partial charge in [0.1, 0.15) is 12.4 Å². The third-order valence-electron chi connectivity index (χ3n) is 1.83. The Morgan fingerprint density at radius 1 is 1.53 bits per heavy atom. The van der Waals surface area contributed by atoms with Gasteiger partial charge in [0.25, 0.3) is 5.69 Å². The van der Waals surface area contributed by atoms with Crippen LogP contribution in [0.3, 0.4) is 0 Å². The number of nitro benzene ring substituents is 1. The molecule has 15 heavy (non-hydrogen) atoms. The van der Waals surface area contributed by atoms with Crippen molar-refractivity contribution in [1.82, 2.24) is 0 Å². The van der Waals surface area contributed by atoms with Gasteiger partial charge in [-0.2, -0.15) is 0 Å². The normalized spacial score (nSPS) is 9.20. The van der Waals surface area contributed by atoms with Crippen LogP contribution in [0.4, 0.5) is 5.69 Å². The second kappa shape index (κ2) is 6.21. The molecule has 0 aliphatic rings. The van der Waals surface area contributed by atoms with Gasteiger partial charge < -0.3 is 10.5 Å². The predicted molar refractivity (Wildman–Crippen MR) is 59.6 cm³/mol. The van der Waals surface area contributed by atoms with Gasteiger partial charge in [0, 0.05) is 12.6 Å². The fourth-order valence-corrected chi connectivity index (χ4v) is 1.13. The SMILES string of the molecule is Cc1c(OCCN)cccc1[N+](=O)[O-].Cl. The van der Waals surface area contributed by atoms with Gasteiger partial charge in [0.05, 0.1) is 10.5 Å². The molecule has 2 N–H and O–H groups in total. The number of ether oxygens (including phenoxy) is 1. The topological polar surface area (TPSA) is 78.4 Å². The number of nitrogens with two attached hydrogens (primary N) is 1. The average molecular weight is 233 g/mol. The van der Waals surface area contributed by atoms with Crippen LogP contribution in [0.2, 0.25) is 0 Å². The molecule has 1 rings (SSSR count). The van der Waals surface area contributed by atoms with E-state index in [0.717, 1.165) is 0 Å². The van der Waals surface area contributed by atoms with Crippen LogP contribution in [0.5, 0.6) is 5.75 Å². The predicted octanol–water partition coefficient (Wildman–Crippen LogP) is 1.66. The molecule has 0 radical (unpaired) electrons. The molecule has 0 saturated carbocycles. The molecule has 0 amide bonds. The first-order chi connectivity index (χ1) is 6.66. The number of hydrogen-bond acceptors (Lipinski definition) is 4. The van der Waals surface area contributed by atoms with E-state index in [0.29, 0.717) is 24.5 Å². The Morgan fingerprint density at radius 2 is 2.20 bits per heavy atom. The molecule has 0 aliphatic heterocycles. The van der Waals surface area contributed by atoms with Gasteiger partial charge in [-0.1, -0.05) is 6.07 Å². The molecular formula is C9H13ClN2O3. The molecule has 0 spiro atoms. The van der Waals surface area contributed by atoms with Gasteiger partial charge in [-0.25, -0.2) is 0 Å². The minimum Gasteiger partial charge on any atom is -0.492 e. The average Bonchev–Trinajstić information content (AvgIpc) is 2.16. The third-order valence-corrected chi connectivity index (χ3v) is 1.83. The first-order valence-corrected chi connectivity index (χ1v) is 4.23. The van der Waals surface area contributed by atoms with Gasteiger partial charge in [0.15, 0.2) is 0 Å². The number of nitrogens with zero attached hydrogens (tertiary/aromatic N) is 1. The highest BCUT2D eigenvalue weighted by atomic mass is 35.5. The summed E-state index contributed by atoms with van der Waals surface area (Å²) in [6.45, 7) is 2.41. The summed E-state index contributed by atoms with van der Waals surface area (Å²) in [7, 11) is 0. The highest BCUT2D eigenvalue weighted by Gasteiger charge is 2.13. The maximum atomic E-state index is 10.6. The van der Waals surface area contributed by atoms with Crippen LogP contribution < -0.4 is 10.5 Å². The quantitative estimate of drug-likeness (QED) is 0.633. The van der Waals surface area contributed by atoms with Crippen molar-refractivity contribution in [2.24, 2.45) is 5.73 Å². The van der Waals surface area contributed by atoms with E-state index in [1.807, 2.05) is 0 Å². The molecule has 0 aliphatic carbocycles. The van der Waals surface area contributed by atoms with E-state index in [9.17, 15) is 10.1 Å². The number of halogens is 1. The van der Waals surface area contributed by atoms with Crippen molar-refractivity contribution < 1.29 is 9.66 Å². The van der Waals surface area contributed by atoms with Crippen molar-refractivity contribution in [3.63, 3.8) is 0 Å². The maximum Gasteiger partial charge on any atom is 0.276 e. The highest BCUT2D eigenvalue weighted by molar-refractivity contribution is 5.85. The van der Waals surface area contributed by atoms with Crippen molar-refractivity contribution in [1.29, 1.82) is 0 Å². The van der Waals surface area contributed by atoms with E-state index in [1.165, 1.54) is 6.07 Å². The lowest BCUT2D eigenvalue weighted by Gasteiger charge is -2.07. The van der Waals surface area contributed by atoms with Gasteiger partial charge >= 0.3 is 0 Å². The molecule has 84 valence electrons. The smallest absolute Gasteiger partial charge is 0.276 e. The van der Waals surface area contributed by atoms with Crippen LogP contribution in [0.15, 0.2) is 18.2 Å². The lowest BCUT2D eigenvalue weighted by Crippen LogP contribution is -2.11. The minimum atomic E-state index is -0.426. The van der Waals surface area contributed by atoms with Crippen molar-refractivity contribution >= 4 is 18.1 Å². The molecule has 0 fully saturated rings. The zero-order valence-corrected chi connectivity index (χ0v) is 9.12. The van der Waals surface area contributed by atoms with Crippen LogP contribution in [0.25, 0.3) is 0 Å². The van der Waals surface area contributed by atoms with E-state index >= 15 is 0 Å². The van der Waals surface area contributed by atoms with Crippen molar-refractivity contribution in [2.45, 2.75) is 6.92 Å². The summed E-state index contributed by atoms with van der Waals surface area (Å²) in [5.74, 6) is 0.518. The van der Waals surface area contributed by atoms with Crippen molar-refractivity contribution in [3.8, 4) is 5.75 Å². The Kier molecular flexibility index (Phi) is 5.66. The van der Waals surface area contributed by atoms with E-state index in [2.05, 4.69) is 0 Å². The Hall–Kier alpha value is -1.33. The molecule has 0 aromatic heterocycles. The van der Waals surface area contributed by atoms with Crippen molar-refractivity contribution in [2.75, 3.05) is 13.2 Å². The van der Waals surface area contributed by atoms with E-state index in [1.54, 1.807) is 19.1 Å². The summed E-state index contributed by atoms with van der Waals surface area (Å²) < 4.78 is 5.25. The Bertz CT molecular complexity index is 344. The molecule has 0 saturated heterocycles. The lowest BCUT2D eigenvalue weighted by molar-refractivity contribution is -0.385. The number of rotatable bonds is 4. The maximum absolute atomic E-state index is 10.6. The summed E-state index contributed by atoms with van der Waals surface area (Å²) in [4.78, 5) is 10.1. The minimum absolute atomic E-state index is 0. The largest absolute Gasteiger partial charge is 0.492 e. The van der Waals surface area contributed by atoms with E-state index in [4.69, 9.17) is 10.5 Å². The Balaban J connectivity index is 0.00000196. The summed E-state index contributed by atoms with van der Waals surface area (Å²) in [5.41, 5.74) is 5.87. The lowest BCUT2D eigenvalue weighted by atomic mass is 10.2. The van der Waals surface area contributed by atoms with Crippen LogP contribution >= 0.6 is 12.4 Å². The number of hydrogen-bond donors (Lipinski definition) is 1. The van der Waals surface area contributed by atoms with E-state index in [-0.39, 0.29) is 18.1 Å². The van der Waals surface area contributed by atoms with Crippen LogP contribution in [-0.4, -0.2) is 18.1 Å². The molecule has 6 heteroatoms. The van der Waals surface area contributed by atoms with Gasteiger partial charge in [-0.3, -0.25) is 10.1 Å². The van der Waals surface area contributed by atoms with E-state index < -0.39 is 4.92 Å². The monoisotopic (exact) mass is 232 g/mol. The van der Waals surface area contributed by atoms with Crippen LogP contribution in [-0.2, 0) is 0 Å². The summed E-state index contributed by atoms with van der Waals surface area (Å²) >= 11 is 0. The fourth-order valence-electron chi connectivity index (χ4n) is 1.13. The Labute approximate surface area is 93.8 Å². The van der Waals surface area contributed by atoms with Crippen LogP contribution in [0, 0.1) is 17.0 Å². The molecular weight excluding hydrogens is 220 g/mol. The van der Waals surface area contributed by atoms with Gasteiger partial charge in [-0.05, 0) is 13.0 Å². The van der Waals surface area contributed by atoms with Gasteiger partial charge in [-0.15, -0.1) is 12.4 Å². The zero-order valence-electron chi connectivity index (χ0n) is 8.30. The fraction of sp³-hybridized carbons (Fsp3) is 0.333. The van der Waals surface area contributed by atoms with Crippen molar-refractivity contribution in [3.05, 3.63) is 33.9 Å². The third kappa shape index (κ3) is 3.38. The standard InChI is InChI=1S/C9H12N2O3.ClH/c1-7-8(11(12)13)3-2-4-9(7)14-6-5-10;/h2-4H,5-6,10H2,1H3;1H. The molecule has 0 heterocycles. The molecule has 0 unspecified atom stereocenters. The summed E-state index contributed by atoms with van der Waals surface area (Å²) in [6, 6.07) is 4.74. The highest BCUT2D eigenvalue weighted by Crippen LogP contribution is 2.26. The Morgan fingerprint density at radius 3 is 2.73 bits per heavy atom.